The summed E-state index contributed by atoms with van der Waals surface area (Å²) in [5.41, 5.74) is 1.00. The number of halogens is 1. The lowest BCUT2D eigenvalue weighted by atomic mass is 10.1. The van der Waals surface area contributed by atoms with Crippen molar-refractivity contribution in [3.8, 4) is 0 Å². The predicted octanol–water partition coefficient (Wildman–Crippen LogP) is 2.22. The quantitative estimate of drug-likeness (QED) is 0.826. The van der Waals surface area contributed by atoms with E-state index < -0.39 is 0 Å². The number of benzene rings is 1. The van der Waals surface area contributed by atoms with E-state index in [9.17, 15) is 4.39 Å². The van der Waals surface area contributed by atoms with Gasteiger partial charge in [-0.25, -0.2) is 4.39 Å². The predicted molar refractivity (Wildman–Crippen MR) is 62.6 cm³/mol. The first kappa shape index (κ1) is 11.3. The maximum absolute atomic E-state index is 12.7. The highest BCUT2D eigenvalue weighted by Crippen LogP contribution is 2.07. The first-order valence-electron chi connectivity index (χ1n) is 5.51. The van der Waals surface area contributed by atoms with Crippen molar-refractivity contribution in [2.24, 2.45) is 0 Å². The van der Waals surface area contributed by atoms with Crippen molar-refractivity contribution in [2.75, 3.05) is 13.2 Å². The summed E-state index contributed by atoms with van der Waals surface area (Å²) in [6.07, 6.45) is 4.04. The lowest BCUT2D eigenvalue weighted by Gasteiger charge is -2.26. The second kappa shape index (κ2) is 5.23. The van der Waals surface area contributed by atoms with Crippen LogP contribution in [0.3, 0.4) is 0 Å². The zero-order chi connectivity index (χ0) is 11.4. The summed E-state index contributed by atoms with van der Waals surface area (Å²) in [4.78, 5) is 0. The van der Waals surface area contributed by atoms with Crippen LogP contribution in [-0.2, 0) is 4.74 Å². The topological polar surface area (TPSA) is 21.3 Å². The highest BCUT2D eigenvalue weighted by atomic mass is 19.1. The molecule has 1 fully saturated rings. The Morgan fingerprint density at radius 1 is 1.31 bits per heavy atom. The molecule has 0 radical (unpaired) electrons. The summed E-state index contributed by atoms with van der Waals surface area (Å²) in [5, 5.41) is 3.41. The van der Waals surface area contributed by atoms with Gasteiger partial charge in [0.2, 0.25) is 0 Å². The molecule has 2 unspecified atom stereocenters. The number of hydrogen-bond acceptors (Lipinski definition) is 2. The van der Waals surface area contributed by atoms with E-state index >= 15 is 0 Å². The first-order chi connectivity index (χ1) is 7.74. The summed E-state index contributed by atoms with van der Waals surface area (Å²) in [7, 11) is 0. The van der Waals surface area contributed by atoms with Gasteiger partial charge in [0.1, 0.15) is 5.82 Å². The van der Waals surface area contributed by atoms with Gasteiger partial charge in [0, 0.05) is 12.1 Å². The third-order valence-electron chi connectivity index (χ3n) is 2.55. The number of ether oxygens (including phenoxy) is 1. The normalized spacial score (nSPS) is 26.1. The zero-order valence-electron chi connectivity index (χ0n) is 9.32. The Balaban J connectivity index is 1.95. The fourth-order valence-corrected chi connectivity index (χ4v) is 1.75. The van der Waals surface area contributed by atoms with Crippen molar-refractivity contribution in [3.63, 3.8) is 0 Å². The van der Waals surface area contributed by atoms with Crippen LogP contribution in [-0.4, -0.2) is 25.3 Å². The van der Waals surface area contributed by atoms with Gasteiger partial charge in [0.25, 0.3) is 0 Å². The van der Waals surface area contributed by atoms with Crippen LogP contribution in [0.4, 0.5) is 4.39 Å². The van der Waals surface area contributed by atoms with Crippen LogP contribution < -0.4 is 5.32 Å². The Bertz CT molecular complexity index is 361. The van der Waals surface area contributed by atoms with E-state index in [0.29, 0.717) is 12.6 Å². The van der Waals surface area contributed by atoms with Gasteiger partial charge in [0.15, 0.2) is 0 Å². The molecule has 0 amide bonds. The van der Waals surface area contributed by atoms with Gasteiger partial charge in [-0.1, -0.05) is 24.3 Å². The summed E-state index contributed by atoms with van der Waals surface area (Å²) in [5.74, 6) is -0.204. The lowest BCUT2D eigenvalue weighted by Crippen LogP contribution is -2.46. The van der Waals surface area contributed by atoms with E-state index in [4.69, 9.17) is 4.74 Å². The van der Waals surface area contributed by atoms with Crippen LogP contribution >= 0.6 is 0 Å². The van der Waals surface area contributed by atoms with Crippen LogP contribution in [0.25, 0.3) is 6.08 Å². The molecule has 1 saturated heterocycles. The molecular formula is C13H16FNO. The van der Waals surface area contributed by atoms with E-state index in [-0.39, 0.29) is 11.9 Å². The van der Waals surface area contributed by atoms with Crippen LogP contribution in [0.2, 0.25) is 0 Å². The minimum Gasteiger partial charge on any atom is -0.378 e. The smallest absolute Gasteiger partial charge is 0.123 e. The fourth-order valence-electron chi connectivity index (χ4n) is 1.75. The molecule has 86 valence electrons. The van der Waals surface area contributed by atoms with E-state index in [1.807, 2.05) is 6.08 Å². The molecule has 0 bridgehead atoms. The molecule has 3 heteroatoms. The highest BCUT2D eigenvalue weighted by molar-refractivity contribution is 5.49. The number of nitrogens with one attached hydrogen (secondary N) is 1. The molecule has 16 heavy (non-hydrogen) atoms. The summed E-state index contributed by atoms with van der Waals surface area (Å²) in [6.45, 7) is 3.56. The van der Waals surface area contributed by atoms with Gasteiger partial charge in [-0.05, 0) is 24.6 Å². The van der Waals surface area contributed by atoms with Gasteiger partial charge < -0.3 is 10.1 Å². The standard InChI is InChI=1S/C13H16FNO/c1-10-8-16-9-13(15-10)7-4-11-2-5-12(14)6-3-11/h2-7,10,13,15H,8-9H2,1H3/b7-4+. The molecule has 0 spiro atoms. The van der Waals surface area contributed by atoms with Crippen LogP contribution in [0.5, 0.6) is 0 Å². The number of hydrogen-bond donors (Lipinski definition) is 1. The highest BCUT2D eigenvalue weighted by Gasteiger charge is 2.14. The Kier molecular flexibility index (Phi) is 3.70. The summed E-state index contributed by atoms with van der Waals surface area (Å²) >= 11 is 0. The average Bonchev–Trinajstić information content (AvgIpc) is 2.28. The second-order valence-electron chi connectivity index (χ2n) is 4.12. The second-order valence-corrected chi connectivity index (χ2v) is 4.12. The monoisotopic (exact) mass is 221 g/mol. The van der Waals surface area contributed by atoms with Crippen molar-refractivity contribution in [1.29, 1.82) is 0 Å². The molecule has 0 aromatic heterocycles. The Labute approximate surface area is 95.1 Å². The number of morpholine rings is 1. The van der Waals surface area contributed by atoms with Gasteiger partial charge >= 0.3 is 0 Å². The van der Waals surface area contributed by atoms with E-state index in [1.54, 1.807) is 12.1 Å². The van der Waals surface area contributed by atoms with Crippen molar-refractivity contribution in [1.82, 2.24) is 5.32 Å². The molecule has 0 saturated carbocycles. The molecule has 1 aromatic rings. The van der Waals surface area contributed by atoms with Crippen LogP contribution in [0, 0.1) is 5.82 Å². The molecule has 1 aromatic carbocycles. The van der Waals surface area contributed by atoms with E-state index in [0.717, 1.165) is 12.2 Å². The molecule has 2 nitrogen and oxygen atoms in total. The molecular weight excluding hydrogens is 205 g/mol. The Hall–Kier alpha value is -1.19. The molecule has 0 aliphatic carbocycles. The third kappa shape index (κ3) is 3.15. The molecule has 1 aliphatic rings. The summed E-state index contributed by atoms with van der Waals surface area (Å²) in [6, 6.07) is 7.09. The van der Waals surface area contributed by atoms with Gasteiger partial charge in [-0.2, -0.15) is 0 Å². The molecule has 1 aliphatic heterocycles. The molecule has 1 N–H and O–H groups in total. The van der Waals surface area contributed by atoms with Gasteiger partial charge in [0.05, 0.1) is 13.2 Å². The van der Waals surface area contributed by atoms with Crippen molar-refractivity contribution >= 4 is 6.08 Å². The van der Waals surface area contributed by atoms with Crippen molar-refractivity contribution in [3.05, 3.63) is 41.7 Å². The summed E-state index contributed by atoms with van der Waals surface area (Å²) < 4.78 is 18.1. The molecule has 2 atom stereocenters. The van der Waals surface area contributed by atoms with E-state index in [2.05, 4.69) is 18.3 Å². The average molecular weight is 221 g/mol. The number of rotatable bonds is 2. The zero-order valence-corrected chi connectivity index (χ0v) is 9.32. The van der Waals surface area contributed by atoms with Gasteiger partial charge in [-0.3, -0.25) is 0 Å². The Morgan fingerprint density at radius 3 is 2.75 bits per heavy atom. The van der Waals surface area contributed by atoms with Crippen molar-refractivity contribution < 1.29 is 9.13 Å². The van der Waals surface area contributed by atoms with Crippen molar-refractivity contribution in [2.45, 2.75) is 19.0 Å². The minimum atomic E-state index is -0.204. The maximum atomic E-state index is 12.7. The van der Waals surface area contributed by atoms with E-state index in [1.165, 1.54) is 12.1 Å². The minimum absolute atomic E-state index is 0.204. The fraction of sp³-hybridized carbons (Fsp3) is 0.385. The lowest BCUT2D eigenvalue weighted by molar-refractivity contribution is 0.0637. The third-order valence-corrected chi connectivity index (χ3v) is 2.55. The first-order valence-corrected chi connectivity index (χ1v) is 5.51. The maximum Gasteiger partial charge on any atom is 0.123 e. The van der Waals surface area contributed by atoms with Gasteiger partial charge in [-0.15, -0.1) is 0 Å². The largest absolute Gasteiger partial charge is 0.378 e. The molecule has 1 heterocycles. The van der Waals surface area contributed by atoms with Crippen LogP contribution in [0.15, 0.2) is 30.3 Å². The molecule has 2 rings (SSSR count). The van der Waals surface area contributed by atoms with Crippen LogP contribution in [0.1, 0.15) is 12.5 Å². The Morgan fingerprint density at radius 2 is 2.06 bits per heavy atom. The SMILES string of the molecule is CC1COCC(/C=C/c2ccc(F)cc2)N1.